The molecule has 0 fully saturated rings. The lowest BCUT2D eigenvalue weighted by molar-refractivity contribution is 0.526. The van der Waals surface area contributed by atoms with E-state index in [-0.39, 0.29) is 0 Å². The Morgan fingerprint density at radius 2 is 2.27 bits per heavy atom. The lowest BCUT2D eigenvalue weighted by Gasteiger charge is -2.12. The van der Waals surface area contributed by atoms with Gasteiger partial charge >= 0.3 is 0 Å². The van der Waals surface area contributed by atoms with Gasteiger partial charge < -0.3 is 10.3 Å². The lowest BCUT2D eigenvalue weighted by atomic mass is 10.4. The average molecular weight is 224 g/mol. The summed E-state index contributed by atoms with van der Waals surface area (Å²) in [6.45, 7) is 4.60. The van der Waals surface area contributed by atoms with Crippen LogP contribution in [0.2, 0.25) is 0 Å². The van der Waals surface area contributed by atoms with Crippen LogP contribution < -0.4 is 5.73 Å². The Hall–Kier alpha value is -0.990. The summed E-state index contributed by atoms with van der Waals surface area (Å²) >= 11 is 1.63. The van der Waals surface area contributed by atoms with Crippen LogP contribution in [0, 0.1) is 12.3 Å². The highest BCUT2D eigenvalue weighted by atomic mass is 32.2. The molecule has 82 valence electrons. The van der Waals surface area contributed by atoms with Crippen molar-refractivity contribution in [1.29, 1.82) is 0 Å². The first kappa shape index (κ1) is 12.1. The van der Waals surface area contributed by atoms with E-state index in [1.54, 1.807) is 11.8 Å². The number of nitrogens with two attached hydrogens (primary N) is 1. The van der Waals surface area contributed by atoms with E-state index in [0.29, 0.717) is 12.6 Å². The van der Waals surface area contributed by atoms with Crippen molar-refractivity contribution in [1.82, 2.24) is 14.8 Å². The molecule has 0 aromatic carbocycles. The smallest absolute Gasteiger partial charge is 0.191 e. The predicted molar refractivity (Wildman–Crippen MR) is 62.5 cm³/mol. The number of hydrogen-bond acceptors (Lipinski definition) is 4. The summed E-state index contributed by atoms with van der Waals surface area (Å²) < 4.78 is 2.06. The monoisotopic (exact) mass is 224 g/mol. The second kappa shape index (κ2) is 5.79. The van der Waals surface area contributed by atoms with Gasteiger partial charge in [-0.2, -0.15) is 0 Å². The number of rotatable bonds is 5. The molecule has 0 bridgehead atoms. The van der Waals surface area contributed by atoms with E-state index < -0.39 is 0 Å². The molecule has 1 rings (SSSR count). The Labute approximate surface area is 94.6 Å². The minimum atomic E-state index is 0.326. The van der Waals surface area contributed by atoms with Crippen molar-refractivity contribution in [3.63, 3.8) is 0 Å². The molecule has 0 aliphatic heterocycles. The molecule has 0 aliphatic rings. The van der Waals surface area contributed by atoms with Gasteiger partial charge in [-0.25, -0.2) is 0 Å². The molecule has 0 aliphatic carbocycles. The van der Waals surface area contributed by atoms with E-state index in [2.05, 4.69) is 34.5 Å². The highest BCUT2D eigenvalue weighted by molar-refractivity contribution is 7.99. The summed E-state index contributed by atoms with van der Waals surface area (Å²) in [4.78, 5) is 0. The first-order valence-electron chi connectivity index (χ1n) is 4.90. The van der Waals surface area contributed by atoms with Gasteiger partial charge in [0.1, 0.15) is 5.82 Å². The summed E-state index contributed by atoms with van der Waals surface area (Å²) in [7, 11) is 0. The van der Waals surface area contributed by atoms with Crippen LogP contribution in [0.3, 0.4) is 0 Å². The Kier molecular flexibility index (Phi) is 4.66. The van der Waals surface area contributed by atoms with Gasteiger partial charge in [-0.3, -0.25) is 0 Å². The molecule has 0 amide bonds. The summed E-state index contributed by atoms with van der Waals surface area (Å²) in [5.41, 5.74) is 5.59. The third-order valence-corrected chi connectivity index (χ3v) is 2.86. The van der Waals surface area contributed by atoms with E-state index in [4.69, 9.17) is 12.2 Å². The predicted octanol–water partition coefficient (Wildman–Crippen LogP) is 1.43. The van der Waals surface area contributed by atoms with Crippen LogP contribution in [0.5, 0.6) is 0 Å². The molecule has 2 N–H and O–H groups in total. The largest absolute Gasteiger partial charge is 0.324 e. The van der Waals surface area contributed by atoms with Gasteiger partial charge in [0.25, 0.3) is 0 Å². The molecular weight excluding hydrogens is 208 g/mol. The minimum absolute atomic E-state index is 0.326. The van der Waals surface area contributed by atoms with E-state index in [9.17, 15) is 0 Å². The average Bonchev–Trinajstić information content (AvgIpc) is 2.61. The molecule has 0 unspecified atom stereocenters. The number of terminal acetylenes is 1. The van der Waals surface area contributed by atoms with Crippen LogP contribution in [0.15, 0.2) is 5.16 Å². The molecule has 0 atom stereocenters. The Balaban J connectivity index is 2.79. The first-order valence-corrected chi connectivity index (χ1v) is 5.89. The molecule has 1 aromatic heterocycles. The van der Waals surface area contributed by atoms with Gasteiger partial charge in [0.2, 0.25) is 0 Å². The maximum Gasteiger partial charge on any atom is 0.191 e. The van der Waals surface area contributed by atoms with E-state index in [1.165, 1.54) is 0 Å². The highest BCUT2D eigenvalue weighted by Gasteiger charge is 2.13. The summed E-state index contributed by atoms with van der Waals surface area (Å²) in [5, 5.41) is 9.06. The Morgan fingerprint density at radius 3 is 2.80 bits per heavy atom. The normalized spacial score (nSPS) is 10.6. The Bertz CT molecular complexity index is 351. The number of hydrogen-bond donors (Lipinski definition) is 1. The highest BCUT2D eigenvalue weighted by Crippen LogP contribution is 2.21. The fourth-order valence-corrected chi connectivity index (χ4v) is 2.22. The van der Waals surface area contributed by atoms with Crippen molar-refractivity contribution in [3.05, 3.63) is 5.82 Å². The van der Waals surface area contributed by atoms with Gasteiger partial charge in [0.05, 0.1) is 6.54 Å². The number of thioether (sulfide) groups is 1. The van der Waals surface area contributed by atoms with Crippen LogP contribution in [-0.2, 0) is 6.54 Å². The molecule has 15 heavy (non-hydrogen) atoms. The van der Waals surface area contributed by atoms with Crippen molar-refractivity contribution in [3.8, 4) is 12.3 Å². The zero-order valence-electron chi connectivity index (χ0n) is 9.10. The first-order chi connectivity index (χ1) is 7.20. The molecule has 0 saturated heterocycles. The molecule has 0 spiro atoms. The van der Waals surface area contributed by atoms with Crippen LogP contribution in [-0.4, -0.2) is 20.5 Å². The quantitative estimate of drug-likeness (QED) is 0.467. The summed E-state index contributed by atoms with van der Waals surface area (Å²) in [6.07, 6.45) is 5.94. The van der Waals surface area contributed by atoms with E-state index >= 15 is 0 Å². The minimum Gasteiger partial charge on any atom is -0.324 e. The Morgan fingerprint density at radius 1 is 1.53 bits per heavy atom. The maximum absolute atomic E-state index is 5.59. The van der Waals surface area contributed by atoms with Gasteiger partial charge in [-0.15, -0.1) is 22.5 Å². The van der Waals surface area contributed by atoms with Crippen LogP contribution >= 0.6 is 11.8 Å². The van der Waals surface area contributed by atoms with Crippen molar-refractivity contribution < 1.29 is 0 Å². The molecule has 0 saturated carbocycles. The van der Waals surface area contributed by atoms with Gasteiger partial charge in [-0.1, -0.05) is 11.8 Å². The summed E-state index contributed by atoms with van der Waals surface area (Å²) in [5.74, 6) is 4.30. The maximum atomic E-state index is 5.59. The fourth-order valence-electron chi connectivity index (χ4n) is 1.27. The number of nitrogens with zero attached hydrogens (tertiary/aromatic N) is 3. The van der Waals surface area contributed by atoms with Crippen molar-refractivity contribution >= 4 is 11.8 Å². The number of aromatic nitrogens is 3. The van der Waals surface area contributed by atoms with E-state index in [1.807, 2.05) is 0 Å². The van der Waals surface area contributed by atoms with Gasteiger partial charge in [-0.05, 0) is 13.8 Å². The molecule has 1 aromatic rings. The molecule has 4 nitrogen and oxygen atoms in total. The second-order valence-corrected chi connectivity index (χ2v) is 4.43. The van der Waals surface area contributed by atoms with Crippen molar-refractivity contribution in [2.75, 3.05) is 5.75 Å². The van der Waals surface area contributed by atoms with Gasteiger partial charge in [0.15, 0.2) is 5.16 Å². The third kappa shape index (κ3) is 2.98. The SMILES string of the molecule is C#CCCSc1nnc(CN)n1C(C)C. The fraction of sp³-hybridized carbons (Fsp3) is 0.600. The standard InChI is InChI=1S/C10H16N4S/c1-4-5-6-15-10-13-12-9(7-11)14(10)8(2)3/h1,8H,5-7,11H2,2-3H3. The summed E-state index contributed by atoms with van der Waals surface area (Å²) in [6, 6.07) is 0.326. The molecule has 5 heteroatoms. The third-order valence-electron chi connectivity index (χ3n) is 1.91. The zero-order chi connectivity index (χ0) is 11.3. The van der Waals surface area contributed by atoms with E-state index in [0.717, 1.165) is 23.2 Å². The molecular formula is C10H16N4S. The van der Waals surface area contributed by atoms with Gasteiger partial charge in [0, 0.05) is 18.2 Å². The van der Waals surface area contributed by atoms with Crippen molar-refractivity contribution in [2.45, 2.75) is 38.0 Å². The van der Waals surface area contributed by atoms with Crippen LogP contribution in [0.1, 0.15) is 32.1 Å². The molecule has 1 heterocycles. The second-order valence-electron chi connectivity index (χ2n) is 3.37. The topological polar surface area (TPSA) is 56.7 Å². The lowest BCUT2D eigenvalue weighted by Crippen LogP contribution is -2.11. The zero-order valence-corrected chi connectivity index (χ0v) is 9.92. The molecule has 0 radical (unpaired) electrons. The van der Waals surface area contributed by atoms with Crippen molar-refractivity contribution in [2.24, 2.45) is 5.73 Å². The van der Waals surface area contributed by atoms with Crippen LogP contribution in [0.25, 0.3) is 0 Å². The van der Waals surface area contributed by atoms with Crippen LogP contribution in [0.4, 0.5) is 0 Å².